The van der Waals surface area contributed by atoms with E-state index in [1.165, 1.54) is 12.2 Å². The van der Waals surface area contributed by atoms with Gasteiger partial charge in [-0.3, -0.25) is 4.79 Å². The Labute approximate surface area is 103 Å². The summed E-state index contributed by atoms with van der Waals surface area (Å²) in [6.07, 6.45) is 6.12. The Bertz CT molecular complexity index is 480. The fraction of sp³-hybridized carbons (Fsp3) is 0.0833. The summed E-state index contributed by atoms with van der Waals surface area (Å²) in [5.74, 6) is 0.0593. The minimum absolute atomic E-state index is 0.323. The molecule has 1 aromatic carbocycles. The Morgan fingerprint density at radius 2 is 1.94 bits per heavy atom. The fourth-order valence-corrected chi connectivity index (χ4v) is 1.68. The Morgan fingerprint density at radius 1 is 1.19 bits per heavy atom. The summed E-state index contributed by atoms with van der Waals surface area (Å²) in [5.41, 5.74) is 0. The second kappa shape index (κ2) is 4.32. The molecular formula is C12H8Cl2O2. The Kier molecular flexibility index (Phi) is 3.03. The lowest BCUT2D eigenvalue weighted by atomic mass is 10.1. The van der Waals surface area contributed by atoms with Crippen LogP contribution in [0, 0.1) is 0 Å². The molecule has 0 bridgehead atoms. The molecule has 0 heterocycles. The number of rotatable bonds is 2. The van der Waals surface area contributed by atoms with Crippen LogP contribution in [0.4, 0.5) is 0 Å². The zero-order valence-electron chi connectivity index (χ0n) is 8.19. The lowest BCUT2D eigenvalue weighted by molar-refractivity contribution is -0.121. The number of hydrogen-bond acceptors (Lipinski definition) is 2. The molecular weight excluding hydrogens is 247 g/mol. The Balaban J connectivity index is 2.28. The van der Waals surface area contributed by atoms with Gasteiger partial charge in [0.25, 0.3) is 5.06 Å². The van der Waals surface area contributed by atoms with Gasteiger partial charge in [-0.1, -0.05) is 47.5 Å². The first-order chi connectivity index (χ1) is 7.62. The molecule has 1 unspecified atom stereocenters. The van der Waals surface area contributed by atoms with E-state index in [0.717, 1.165) is 0 Å². The molecule has 1 aliphatic rings. The van der Waals surface area contributed by atoms with Crippen molar-refractivity contribution in [2.75, 3.05) is 0 Å². The largest absolute Gasteiger partial charge is 0.459 e. The van der Waals surface area contributed by atoms with Crippen molar-refractivity contribution in [3.05, 3.63) is 53.6 Å². The van der Waals surface area contributed by atoms with Crippen LogP contribution in [0.15, 0.2) is 48.6 Å². The summed E-state index contributed by atoms with van der Waals surface area (Å²) < 4.78 is 5.43. The number of allylic oxidation sites excluding steroid dienone is 2. The maximum atomic E-state index is 11.6. The van der Waals surface area contributed by atoms with Crippen LogP contribution in [0.5, 0.6) is 5.75 Å². The Morgan fingerprint density at radius 3 is 2.62 bits per heavy atom. The van der Waals surface area contributed by atoms with Crippen LogP contribution in [0.25, 0.3) is 0 Å². The second-order valence-electron chi connectivity index (χ2n) is 3.26. The third-order valence-electron chi connectivity index (χ3n) is 2.10. The highest BCUT2D eigenvalue weighted by Gasteiger charge is 2.35. The molecule has 0 saturated heterocycles. The summed E-state index contributed by atoms with van der Waals surface area (Å²) >= 11 is 12.0. The molecule has 0 saturated carbocycles. The van der Waals surface area contributed by atoms with Crippen LogP contribution in [-0.2, 0) is 4.79 Å². The van der Waals surface area contributed by atoms with Crippen LogP contribution >= 0.6 is 23.2 Å². The van der Waals surface area contributed by atoms with Gasteiger partial charge in [-0.2, -0.15) is 0 Å². The molecule has 0 aromatic heterocycles. The summed E-state index contributed by atoms with van der Waals surface area (Å²) in [5, 5.41) is -1.07. The van der Waals surface area contributed by atoms with Crippen molar-refractivity contribution in [2.24, 2.45) is 0 Å². The maximum absolute atomic E-state index is 11.6. The third kappa shape index (κ3) is 2.13. The first-order valence-corrected chi connectivity index (χ1v) is 5.40. The molecule has 1 aromatic rings. The molecule has 2 rings (SSSR count). The van der Waals surface area contributed by atoms with Gasteiger partial charge in [0.05, 0.1) is 5.02 Å². The molecule has 0 radical (unpaired) electrons. The lowest BCUT2D eigenvalue weighted by Crippen LogP contribution is -2.36. The van der Waals surface area contributed by atoms with E-state index in [2.05, 4.69) is 0 Å². The number of ketones is 1. The zero-order valence-corrected chi connectivity index (χ0v) is 9.70. The van der Waals surface area contributed by atoms with E-state index >= 15 is 0 Å². The molecule has 0 fully saturated rings. The highest BCUT2D eigenvalue weighted by atomic mass is 35.5. The van der Waals surface area contributed by atoms with E-state index in [0.29, 0.717) is 10.8 Å². The molecule has 0 N–H and O–H groups in total. The molecule has 1 atom stereocenters. The maximum Gasteiger partial charge on any atom is 0.264 e. The SMILES string of the molecule is O=C1C=CC=CC1(Cl)Oc1ccccc1Cl. The van der Waals surface area contributed by atoms with Crippen molar-refractivity contribution in [1.29, 1.82) is 0 Å². The monoisotopic (exact) mass is 254 g/mol. The van der Waals surface area contributed by atoms with Crippen molar-refractivity contribution in [1.82, 2.24) is 0 Å². The van der Waals surface area contributed by atoms with Crippen molar-refractivity contribution < 1.29 is 9.53 Å². The molecule has 0 aliphatic heterocycles. The standard InChI is InChI=1S/C12H8Cl2O2/c13-9-5-1-2-6-10(9)16-12(14)8-4-3-7-11(12)15/h1-8H. The quantitative estimate of drug-likeness (QED) is 0.757. The van der Waals surface area contributed by atoms with Crippen LogP contribution in [-0.4, -0.2) is 10.8 Å². The number of carbonyl (C=O) groups is 1. The zero-order chi connectivity index (χ0) is 11.6. The number of carbonyl (C=O) groups excluding carboxylic acids is 1. The molecule has 2 nitrogen and oxygen atoms in total. The summed E-state index contributed by atoms with van der Waals surface area (Å²) in [6.45, 7) is 0. The van der Waals surface area contributed by atoms with Gasteiger partial charge < -0.3 is 4.74 Å². The minimum atomic E-state index is -1.49. The highest BCUT2D eigenvalue weighted by Crippen LogP contribution is 2.31. The van der Waals surface area contributed by atoms with Gasteiger partial charge >= 0.3 is 0 Å². The van der Waals surface area contributed by atoms with E-state index in [1.54, 1.807) is 36.4 Å². The molecule has 16 heavy (non-hydrogen) atoms. The number of benzene rings is 1. The van der Waals surface area contributed by atoms with Crippen molar-refractivity contribution >= 4 is 29.0 Å². The smallest absolute Gasteiger partial charge is 0.264 e. The molecule has 1 aliphatic carbocycles. The van der Waals surface area contributed by atoms with E-state index < -0.39 is 5.06 Å². The summed E-state index contributed by atoms with van der Waals surface area (Å²) in [6, 6.07) is 6.86. The topological polar surface area (TPSA) is 26.3 Å². The molecule has 0 spiro atoms. The Hall–Kier alpha value is -1.25. The molecule has 0 amide bonds. The van der Waals surface area contributed by atoms with Crippen molar-refractivity contribution in [3.63, 3.8) is 0 Å². The molecule has 4 heteroatoms. The number of ether oxygens (including phenoxy) is 1. The highest BCUT2D eigenvalue weighted by molar-refractivity contribution is 6.38. The van der Waals surface area contributed by atoms with Gasteiger partial charge in [0.2, 0.25) is 5.78 Å². The number of para-hydroxylation sites is 1. The van der Waals surface area contributed by atoms with E-state index in [4.69, 9.17) is 27.9 Å². The first kappa shape index (κ1) is 11.2. The summed E-state index contributed by atoms with van der Waals surface area (Å²) in [4.78, 5) is 11.6. The minimum Gasteiger partial charge on any atom is -0.459 e. The predicted octanol–water partition coefficient (Wildman–Crippen LogP) is 3.35. The van der Waals surface area contributed by atoms with Gasteiger partial charge in [-0.05, 0) is 24.3 Å². The van der Waals surface area contributed by atoms with Gasteiger partial charge in [-0.25, -0.2) is 0 Å². The number of hydrogen-bond donors (Lipinski definition) is 0. The van der Waals surface area contributed by atoms with Crippen LogP contribution in [0.1, 0.15) is 0 Å². The van der Waals surface area contributed by atoms with Crippen LogP contribution in [0.2, 0.25) is 5.02 Å². The van der Waals surface area contributed by atoms with Gasteiger partial charge in [0.15, 0.2) is 0 Å². The van der Waals surface area contributed by atoms with Crippen LogP contribution < -0.4 is 4.74 Å². The average molecular weight is 255 g/mol. The summed E-state index contributed by atoms with van der Waals surface area (Å²) in [7, 11) is 0. The van der Waals surface area contributed by atoms with E-state index in [-0.39, 0.29) is 5.78 Å². The molecule has 82 valence electrons. The van der Waals surface area contributed by atoms with Crippen molar-refractivity contribution in [2.45, 2.75) is 5.06 Å². The predicted molar refractivity (Wildman–Crippen MR) is 64.0 cm³/mol. The van der Waals surface area contributed by atoms with Gasteiger partial charge in [-0.15, -0.1) is 0 Å². The van der Waals surface area contributed by atoms with E-state index in [1.807, 2.05) is 0 Å². The number of alkyl halides is 1. The van der Waals surface area contributed by atoms with Gasteiger partial charge in [0, 0.05) is 0 Å². The van der Waals surface area contributed by atoms with Gasteiger partial charge in [0.1, 0.15) is 5.75 Å². The average Bonchev–Trinajstić information content (AvgIpc) is 2.26. The second-order valence-corrected chi connectivity index (χ2v) is 4.23. The van der Waals surface area contributed by atoms with Crippen LogP contribution in [0.3, 0.4) is 0 Å². The fourth-order valence-electron chi connectivity index (χ4n) is 1.29. The third-order valence-corrected chi connectivity index (χ3v) is 2.80. The first-order valence-electron chi connectivity index (χ1n) is 4.65. The number of halogens is 2. The van der Waals surface area contributed by atoms with Crippen molar-refractivity contribution in [3.8, 4) is 5.75 Å². The van der Waals surface area contributed by atoms with E-state index in [9.17, 15) is 4.79 Å². The lowest BCUT2D eigenvalue weighted by Gasteiger charge is -2.24. The normalized spacial score (nSPS) is 23.5.